The quantitative estimate of drug-likeness (QED) is 0.406. The van der Waals surface area contributed by atoms with E-state index >= 15 is 0 Å². The largest absolute Gasteiger partial charge is 0.328 e. The molecule has 2 unspecified atom stereocenters. The summed E-state index contributed by atoms with van der Waals surface area (Å²) in [6.07, 6.45) is 8.00. The van der Waals surface area contributed by atoms with Gasteiger partial charge >= 0.3 is 0 Å². The molecule has 8 heteroatoms. The zero-order chi connectivity index (χ0) is 23.5. The lowest BCUT2D eigenvalue weighted by Gasteiger charge is -2.34. The van der Waals surface area contributed by atoms with E-state index in [1.807, 2.05) is 6.07 Å². The zero-order valence-electron chi connectivity index (χ0n) is 18.3. The average Bonchev–Trinajstić information content (AvgIpc) is 2.81. The Morgan fingerprint density at radius 1 is 1.06 bits per heavy atom. The van der Waals surface area contributed by atoms with Crippen LogP contribution in [0.15, 0.2) is 48.8 Å². The third kappa shape index (κ3) is 4.77. The smallest absolute Gasteiger partial charge is 0.274 e. The predicted octanol–water partition coefficient (Wildman–Crippen LogP) is 4.99. The summed E-state index contributed by atoms with van der Waals surface area (Å²) in [5.41, 5.74) is 8.63. The van der Waals surface area contributed by atoms with Crippen molar-refractivity contribution in [1.29, 1.82) is 0 Å². The van der Waals surface area contributed by atoms with Crippen molar-refractivity contribution in [3.63, 3.8) is 0 Å². The van der Waals surface area contributed by atoms with Crippen LogP contribution >= 0.6 is 12.6 Å². The Morgan fingerprint density at radius 3 is 2.70 bits per heavy atom. The lowest BCUT2D eigenvalue weighted by Crippen LogP contribution is -2.33. The number of amides is 1. The van der Waals surface area contributed by atoms with E-state index in [1.54, 1.807) is 30.8 Å². The zero-order valence-corrected chi connectivity index (χ0v) is 19.2. The van der Waals surface area contributed by atoms with Gasteiger partial charge in [-0.1, -0.05) is 12.1 Å². The Kier molecular flexibility index (Phi) is 7.05. The Morgan fingerprint density at radius 2 is 1.88 bits per heavy atom. The maximum Gasteiger partial charge on any atom is 0.274 e. The number of pyridine rings is 2. The Bertz CT molecular complexity index is 1170. The van der Waals surface area contributed by atoms with Gasteiger partial charge in [0, 0.05) is 17.8 Å². The molecule has 2 aromatic heterocycles. The van der Waals surface area contributed by atoms with Crippen LogP contribution in [0, 0.1) is 17.6 Å². The molecule has 3 heterocycles. The van der Waals surface area contributed by atoms with Gasteiger partial charge in [0.2, 0.25) is 0 Å². The summed E-state index contributed by atoms with van der Waals surface area (Å²) in [7, 11) is 0. The van der Waals surface area contributed by atoms with Crippen LogP contribution in [-0.2, 0) is 6.42 Å². The standard InChI is InChI=1S/C24H22F2N4O.CH4S/c25-18-3-1-2-14-8-13-9-15(11-16(27)10-13)17-6-7-28-12-21(17)30-24(31)20-5-4-19(26)23(29-20)22(14)18;1-2/h1-7,12-13,15-16H,8-11,27H2,(H,30,31);2H,1H3/t13-,15?,16?;/m0./s1. The van der Waals surface area contributed by atoms with Crippen LogP contribution in [0.25, 0.3) is 11.3 Å². The van der Waals surface area contributed by atoms with Gasteiger partial charge in [-0.05, 0) is 79.2 Å². The first-order valence-electron chi connectivity index (χ1n) is 10.9. The highest BCUT2D eigenvalue weighted by Gasteiger charge is 2.31. The number of carbonyl (C=O) groups is 1. The number of nitrogens with two attached hydrogens (primary N) is 1. The van der Waals surface area contributed by atoms with Crippen LogP contribution in [0.2, 0.25) is 0 Å². The summed E-state index contributed by atoms with van der Waals surface area (Å²) in [4.78, 5) is 21.3. The van der Waals surface area contributed by atoms with Crippen molar-refractivity contribution in [2.45, 2.75) is 37.6 Å². The Labute approximate surface area is 197 Å². The molecule has 0 saturated heterocycles. The molecule has 0 radical (unpaired) electrons. The molecule has 5 nitrogen and oxygen atoms in total. The van der Waals surface area contributed by atoms with E-state index in [4.69, 9.17) is 5.73 Å². The van der Waals surface area contributed by atoms with Gasteiger partial charge in [-0.2, -0.15) is 12.6 Å². The highest BCUT2D eigenvalue weighted by Crippen LogP contribution is 2.41. The summed E-state index contributed by atoms with van der Waals surface area (Å²) in [5, 5.41) is 2.86. The minimum atomic E-state index is -0.668. The number of fused-ring (bicyclic) bond motifs is 8. The molecule has 1 aliphatic heterocycles. The van der Waals surface area contributed by atoms with Crippen molar-refractivity contribution in [2.24, 2.45) is 11.7 Å². The van der Waals surface area contributed by atoms with Crippen molar-refractivity contribution in [3.8, 4) is 11.3 Å². The van der Waals surface area contributed by atoms with E-state index in [2.05, 4.69) is 27.9 Å². The maximum atomic E-state index is 14.9. The summed E-state index contributed by atoms with van der Waals surface area (Å²) in [6.45, 7) is 0. The highest BCUT2D eigenvalue weighted by atomic mass is 32.1. The number of thiol groups is 1. The molecule has 4 bridgehead atoms. The second-order valence-corrected chi connectivity index (χ2v) is 8.45. The van der Waals surface area contributed by atoms with Gasteiger partial charge in [0.1, 0.15) is 23.0 Å². The minimum Gasteiger partial charge on any atom is -0.328 e. The van der Waals surface area contributed by atoms with E-state index in [0.717, 1.165) is 30.9 Å². The molecule has 1 amide bonds. The third-order valence-electron chi connectivity index (χ3n) is 6.31. The van der Waals surface area contributed by atoms with Crippen molar-refractivity contribution in [3.05, 3.63) is 77.2 Å². The maximum absolute atomic E-state index is 14.9. The molecule has 3 atom stereocenters. The number of aromatic nitrogens is 2. The van der Waals surface area contributed by atoms with Crippen LogP contribution in [0.4, 0.5) is 14.5 Å². The molecule has 33 heavy (non-hydrogen) atoms. The molecule has 2 aliphatic rings. The van der Waals surface area contributed by atoms with Crippen LogP contribution < -0.4 is 11.1 Å². The van der Waals surface area contributed by atoms with Gasteiger partial charge < -0.3 is 11.1 Å². The molecule has 5 rings (SSSR count). The monoisotopic (exact) mass is 468 g/mol. The van der Waals surface area contributed by atoms with E-state index in [1.165, 1.54) is 12.1 Å². The van der Waals surface area contributed by atoms with E-state index in [-0.39, 0.29) is 34.8 Å². The first-order chi connectivity index (χ1) is 16.0. The first-order valence-corrected chi connectivity index (χ1v) is 11.8. The predicted molar refractivity (Wildman–Crippen MR) is 128 cm³/mol. The number of benzene rings is 1. The van der Waals surface area contributed by atoms with Crippen LogP contribution in [0.1, 0.15) is 46.8 Å². The van der Waals surface area contributed by atoms with Crippen LogP contribution in [0.5, 0.6) is 0 Å². The molecular weight excluding hydrogens is 442 g/mol. The molecular formula is C25H26F2N4OS. The SMILES string of the molecule is CS.NC1CC2C[C@H](Cc3cccc(F)c3-c3nc(ccc3F)C(=O)Nc3cnccc32)C1. The lowest BCUT2D eigenvalue weighted by molar-refractivity contribution is 0.102. The molecule has 1 saturated carbocycles. The molecule has 1 aromatic carbocycles. The fourth-order valence-electron chi connectivity index (χ4n) is 5.02. The van der Waals surface area contributed by atoms with Gasteiger partial charge in [-0.15, -0.1) is 0 Å². The molecule has 1 aliphatic carbocycles. The highest BCUT2D eigenvalue weighted by molar-refractivity contribution is 7.79. The average molecular weight is 469 g/mol. The normalized spacial score (nSPS) is 21.6. The van der Waals surface area contributed by atoms with Gasteiger partial charge in [0.05, 0.1) is 11.9 Å². The minimum absolute atomic E-state index is 0.0133. The topological polar surface area (TPSA) is 80.9 Å². The number of hydrogen-bond donors (Lipinski definition) is 3. The van der Waals surface area contributed by atoms with Crippen molar-refractivity contribution < 1.29 is 13.6 Å². The number of rotatable bonds is 0. The lowest BCUT2D eigenvalue weighted by atomic mass is 9.73. The van der Waals surface area contributed by atoms with Crippen LogP contribution in [-0.4, -0.2) is 28.2 Å². The third-order valence-corrected chi connectivity index (χ3v) is 6.31. The second kappa shape index (κ2) is 9.97. The van der Waals surface area contributed by atoms with Gasteiger partial charge in [-0.3, -0.25) is 9.78 Å². The second-order valence-electron chi connectivity index (χ2n) is 8.45. The van der Waals surface area contributed by atoms with E-state index in [9.17, 15) is 13.6 Å². The van der Waals surface area contributed by atoms with Crippen molar-refractivity contribution >= 4 is 24.2 Å². The molecule has 3 aromatic rings. The van der Waals surface area contributed by atoms with Gasteiger partial charge in [0.15, 0.2) is 0 Å². The van der Waals surface area contributed by atoms with E-state index < -0.39 is 17.5 Å². The molecule has 172 valence electrons. The Hall–Kier alpha value is -2.84. The first kappa shape index (κ1) is 23.3. The number of nitrogens with zero attached hydrogens (tertiary/aromatic N) is 2. The number of halogens is 2. The summed E-state index contributed by atoms with van der Waals surface area (Å²) in [6, 6.07) is 9.08. The summed E-state index contributed by atoms with van der Waals surface area (Å²) < 4.78 is 29.7. The number of hydrogen-bond acceptors (Lipinski definition) is 5. The molecule has 3 N–H and O–H groups in total. The molecule has 0 spiro atoms. The summed E-state index contributed by atoms with van der Waals surface area (Å²) in [5.74, 6) is -1.39. The summed E-state index contributed by atoms with van der Waals surface area (Å²) >= 11 is 3.53. The Balaban J connectivity index is 0.00000126. The fourth-order valence-corrected chi connectivity index (χ4v) is 5.02. The van der Waals surface area contributed by atoms with Crippen LogP contribution in [0.3, 0.4) is 0 Å². The number of anilines is 1. The number of nitrogens with one attached hydrogen (secondary N) is 1. The number of carbonyl (C=O) groups excluding carboxylic acids is 1. The van der Waals surface area contributed by atoms with Gasteiger partial charge in [-0.25, -0.2) is 13.8 Å². The van der Waals surface area contributed by atoms with E-state index in [0.29, 0.717) is 17.7 Å². The van der Waals surface area contributed by atoms with Crippen molar-refractivity contribution in [2.75, 3.05) is 11.6 Å². The van der Waals surface area contributed by atoms with Gasteiger partial charge in [0.25, 0.3) is 5.91 Å². The molecule has 1 fully saturated rings. The van der Waals surface area contributed by atoms with Crippen molar-refractivity contribution in [1.82, 2.24) is 9.97 Å². The fraction of sp³-hybridized carbons (Fsp3) is 0.320.